The molecule has 0 amide bonds. The fraction of sp³-hybridized carbons (Fsp3) is 0.632. The minimum atomic E-state index is -0.179. The van der Waals surface area contributed by atoms with E-state index in [1.165, 1.54) is 6.07 Å². The lowest BCUT2D eigenvalue weighted by Gasteiger charge is -2.36. The zero-order valence-electron chi connectivity index (χ0n) is 16.4. The van der Waals surface area contributed by atoms with Gasteiger partial charge in [-0.25, -0.2) is 4.39 Å². The molecule has 1 aliphatic rings. The topological polar surface area (TPSA) is 42.9 Å². The van der Waals surface area contributed by atoms with Crippen LogP contribution in [0.2, 0.25) is 0 Å². The molecule has 1 aromatic rings. The third-order valence-corrected chi connectivity index (χ3v) is 5.46. The molecule has 146 valence electrons. The number of rotatable bonds is 7. The van der Waals surface area contributed by atoms with Crippen molar-refractivity contribution in [1.82, 2.24) is 20.4 Å². The molecular formula is C19H32FN5S. The summed E-state index contributed by atoms with van der Waals surface area (Å²) in [4.78, 5) is 9.19. The second-order valence-corrected chi connectivity index (χ2v) is 7.71. The normalized spacial score (nSPS) is 18.0. The standard InChI is InChI=1S/C19H32FN5S/c1-15(25-9-7-24(3)8-10-25)12-22-19(21-2)23-13-16-5-6-18(20)11-17(16)14-26-4/h5-6,11,15H,7-10,12-14H2,1-4H3,(H2,21,22,23). The summed E-state index contributed by atoms with van der Waals surface area (Å²) in [5.41, 5.74) is 2.14. The SMILES string of the molecule is CN=C(NCc1ccc(F)cc1CSC)NCC(C)N1CCN(C)CC1. The van der Waals surface area contributed by atoms with Crippen molar-refractivity contribution in [1.29, 1.82) is 0 Å². The second kappa shape index (κ2) is 10.7. The van der Waals surface area contributed by atoms with Gasteiger partial charge in [-0.15, -0.1) is 0 Å². The quantitative estimate of drug-likeness (QED) is 0.559. The Balaban J connectivity index is 1.82. The Morgan fingerprint density at radius 2 is 1.96 bits per heavy atom. The van der Waals surface area contributed by atoms with E-state index in [9.17, 15) is 4.39 Å². The van der Waals surface area contributed by atoms with Crippen LogP contribution in [0.1, 0.15) is 18.1 Å². The molecule has 1 atom stereocenters. The summed E-state index contributed by atoms with van der Waals surface area (Å²) in [6, 6.07) is 5.46. The predicted octanol–water partition coefficient (Wildman–Crippen LogP) is 1.99. The molecule has 0 bridgehead atoms. The van der Waals surface area contributed by atoms with Crippen LogP contribution in [0.5, 0.6) is 0 Å². The van der Waals surface area contributed by atoms with Crippen LogP contribution in [0, 0.1) is 5.82 Å². The van der Waals surface area contributed by atoms with Gasteiger partial charge in [0.15, 0.2) is 5.96 Å². The summed E-state index contributed by atoms with van der Waals surface area (Å²) < 4.78 is 13.5. The van der Waals surface area contributed by atoms with Crippen molar-refractivity contribution in [2.45, 2.75) is 25.3 Å². The lowest BCUT2D eigenvalue weighted by Crippen LogP contribution is -2.52. The molecular weight excluding hydrogens is 349 g/mol. The summed E-state index contributed by atoms with van der Waals surface area (Å²) in [7, 11) is 3.95. The number of hydrogen-bond donors (Lipinski definition) is 2. The van der Waals surface area contributed by atoms with E-state index in [-0.39, 0.29) is 5.82 Å². The van der Waals surface area contributed by atoms with Gasteiger partial charge in [0.25, 0.3) is 0 Å². The van der Waals surface area contributed by atoms with E-state index in [1.807, 2.05) is 12.3 Å². The van der Waals surface area contributed by atoms with Crippen molar-refractivity contribution < 1.29 is 4.39 Å². The summed E-state index contributed by atoms with van der Waals surface area (Å²) in [6.07, 6.45) is 2.03. The second-order valence-electron chi connectivity index (χ2n) is 6.84. The lowest BCUT2D eigenvalue weighted by molar-refractivity contribution is 0.120. The largest absolute Gasteiger partial charge is 0.355 e. The monoisotopic (exact) mass is 381 g/mol. The van der Waals surface area contributed by atoms with Crippen molar-refractivity contribution in [3.8, 4) is 0 Å². The van der Waals surface area contributed by atoms with Crippen molar-refractivity contribution >= 4 is 17.7 Å². The molecule has 0 aromatic heterocycles. The first-order valence-corrected chi connectivity index (χ1v) is 10.6. The molecule has 0 spiro atoms. The minimum absolute atomic E-state index is 0.179. The van der Waals surface area contributed by atoms with Gasteiger partial charge in [0.1, 0.15) is 5.82 Å². The Kier molecular flexibility index (Phi) is 8.68. The maximum atomic E-state index is 13.5. The summed E-state index contributed by atoms with van der Waals surface area (Å²) in [5.74, 6) is 1.41. The predicted molar refractivity (Wildman–Crippen MR) is 110 cm³/mol. The van der Waals surface area contributed by atoms with Gasteiger partial charge in [-0.3, -0.25) is 9.89 Å². The highest BCUT2D eigenvalue weighted by molar-refractivity contribution is 7.97. The highest BCUT2D eigenvalue weighted by Crippen LogP contribution is 2.16. The van der Waals surface area contributed by atoms with Gasteiger partial charge in [0.05, 0.1) is 0 Å². The van der Waals surface area contributed by atoms with Gasteiger partial charge >= 0.3 is 0 Å². The Morgan fingerprint density at radius 1 is 1.23 bits per heavy atom. The summed E-state index contributed by atoms with van der Waals surface area (Å²) >= 11 is 1.70. The first-order valence-electron chi connectivity index (χ1n) is 9.16. The number of aliphatic imine (C=N–C) groups is 1. The number of nitrogens with zero attached hydrogens (tertiary/aromatic N) is 3. The molecule has 1 saturated heterocycles. The number of hydrogen-bond acceptors (Lipinski definition) is 4. The van der Waals surface area contributed by atoms with Gasteiger partial charge in [-0.05, 0) is 43.5 Å². The zero-order valence-corrected chi connectivity index (χ0v) is 17.2. The number of halogens is 1. The van der Waals surface area contributed by atoms with Gasteiger partial charge in [-0.2, -0.15) is 11.8 Å². The Morgan fingerprint density at radius 3 is 2.62 bits per heavy atom. The third-order valence-electron chi connectivity index (χ3n) is 4.86. The smallest absolute Gasteiger partial charge is 0.191 e. The average Bonchev–Trinajstić information content (AvgIpc) is 2.64. The van der Waals surface area contributed by atoms with Gasteiger partial charge in [0, 0.05) is 58.1 Å². The van der Waals surface area contributed by atoms with E-state index in [0.717, 1.165) is 55.6 Å². The van der Waals surface area contributed by atoms with Gasteiger partial charge in [-0.1, -0.05) is 6.07 Å². The van der Waals surface area contributed by atoms with Crippen LogP contribution in [0.15, 0.2) is 23.2 Å². The van der Waals surface area contributed by atoms with Gasteiger partial charge < -0.3 is 15.5 Å². The zero-order chi connectivity index (χ0) is 18.9. The van der Waals surface area contributed by atoms with E-state index in [1.54, 1.807) is 24.9 Å². The van der Waals surface area contributed by atoms with E-state index in [2.05, 4.69) is 39.4 Å². The highest BCUT2D eigenvalue weighted by atomic mass is 32.2. The fourth-order valence-corrected chi connectivity index (χ4v) is 3.67. The lowest BCUT2D eigenvalue weighted by atomic mass is 10.1. The average molecular weight is 382 g/mol. The van der Waals surface area contributed by atoms with Crippen LogP contribution < -0.4 is 10.6 Å². The number of guanidine groups is 1. The molecule has 2 rings (SSSR count). The molecule has 1 heterocycles. The molecule has 1 aliphatic heterocycles. The van der Waals surface area contributed by atoms with Crippen molar-refractivity contribution in [3.05, 3.63) is 35.1 Å². The Labute approximate surface area is 161 Å². The van der Waals surface area contributed by atoms with E-state index < -0.39 is 0 Å². The molecule has 26 heavy (non-hydrogen) atoms. The first kappa shape index (κ1) is 21.0. The van der Waals surface area contributed by atoms with Gasteiger partial charge in [0.2, 0.25) is 0 Å². The van der Waals surface area contributed by atoms with Crippen molar-refractivity contribution in [2.24, 2.45) is 4.99 Å². The third kappa shape index (κ3) is 6.45. The van der Waals surface area contributed by atoms with Crippen LogP contribution in [-0.2, 0) is 12.3 Å². The molecule has 5 nitrogen and oxygen atoms in total. The molecule has 0 radical (unpaired) electrons. The van der Waals surface area contributed by atoms with Crippen molar-refractivity contribution in [3.63, 3.8) is 0 Å². The Bertz CT molecular complexity index is 587. The maximum absolute atomic E-state index is 13.5. The van der Waals surface area contributed by atoms with Crippen LogP contribution in [0.3, 0.4) is 0 Å². The number of thioether (sulfide) groups is 1. The molecule has 0 aliphatic carbocycles. The molecule has 1 fully saturated rings. The molecule has 7 heteroatoms. The number of piperazine rings is 1. The number of benzene rings is 1. The van der Waals surface area contributed by atoms with Crippen LogP contribution in [0.25, 0.3) is 0 Å². The fourth-order valence-electron chi connectivity index (χ4n) is 3.09. The van der Waals surface area contributed by atoms with Crippen LogP contribution >= 0.6 is 11.8 Å². The van der Waals surface area contributed by atoms with Crippen molar-refractivity contribution in [2.75, 3.05) is 53.1 Å². The first-order chi connectivity index (χ1) is 12.5. The van der Waals surface area contributed by atoms with E-state index >= 15 is 0 Å². The minimum Gasteiger partial charge on any atom is -0.355 e. The Hall–Kier alpha value is -1.31. The molecule has 1 unspecified atom stereocenters. The summed E-state index contributed by atoms with van der Waals surface area (Å²) in [5, 5.41) is 6.76. The van der Waals surface area contributed by atoms with Crippen LogP contribution in [-0.4, -0.2) is 74.9 Å². The number of likely N-dealkylation sites (N-methyl/N-ethyl adjacent to an activating group) is 1. The summed E-state index contributed by atoms with van der Waals surface area (Å²) in [6.45, 7) is 8.21. The van der Waals surface area contributed by atoms with Crippen LogP contribution in [0.4, 0.5) is 4.39 Å². The van der Waals surface area contributed by atoms with E-state index in [0.29, 0.717) is 12.6 Å². The molecule has 2 N–H and O–H groups in total. The maximum Gasteiger partial charge on any atom is 0.191 e. The molecule has 0 saturated carbocycles. The highest BCUT2D eigenvalue weighted by Gasteiger charge is 2.19. The molecule has 1 aromatic carbocycles. The number of nitrogens with one attached hydrogen (secondary N) is 2. The van der Waals surface area contributed by atoms with E-state index in [4.69, 9.17) is 0 Å².